The molecule has 88 valence electrons. The molecule has 0 spiro atoms. The second-order valence-corrected chi connectivity index (χ2v) is 5.97. The van der Waals surface area contributed by atoms with Crippen molar-refractivity contribution in [3.63, 3.8) is 0 Å². The van der Waals surface area contributed by atoms with E-state index < -0.39 is 13.4 Å². The van der Waals surface area contributed by atoms with E-state index in [1.165, 1.54) is 4.90 Å². The SMILES string of the molecule is CC(CS)C(=O)N1CCCC1P(=O)(O)O. The molecule has 1 fully saturated rings. The molecule has 1 rings (SSSR count). The molecule has 0 bridgehead atoms. The van der Waals surface area contributed by atoms with Gasteiger partial charge in [0, 0.05) is 18.2 Å². The summed E-state index contributed by atoms with van der Waals surface area (Å²) in [4.78, 5) is 31.3. The highest BCUT2D eigenvalue weighted by Gasteiger charge is 2.41. The zero-order chi connectivity index (χ0) is 11.6. The van der Waals surface area contributed by atoms with E-state index in [0.29, 0.717) is 25.1 Å². The molecule has 1 aliphatic heterocycles. The van der Waals surface area contributed by atoms with Gasteiger partial charge in [0.25, 0.3) is 0 Å². The van der Waals surface area contributed by atoms with Gasteiger partial charge in [-0.05, 0) is 12.8 Å². The van der Waals surface area contributed by atoms with E-state index in [1.807, 2.05) is 0 Å². The maximum absolute atomic E-state index is 11.8. The zero-order valence-corrected chi connectivity index (χ0v) is 10.3. The van der Waals surface area contributed by atoms with Crippen LogP contribution in [0.1, 0.15) is 19.8 Å². The molecule has 15 heavy (non-hydrogen) atoms. The number of amides is 1. The van der Waals surface area contributed by atoms with Gasteiger partial charge in [0.2, 0.25) is 5.91 Å². The van der Waals surface area contributed by atoms with Gasteiger partial charge in [-0.15, -0.1) is 0 Å². The van der Waals surface area contributed by atoms with Gasteiger partial charge in [0.15, 0.2) is 0 Å². The first kappa shape index (κ1) is 13.0. The molecular weight excluding hydrogens is 237 g/mol. The van der Waals surface area contributed by atoms with Crippen LogP contribution < -0.4 is 0 Å². The van der Waals surface area contributed by atoms with Gasteiger partial charge < -0.3 is 14.7 Å². The molecule has 0 aromatic carbocycles. The summed E-state index contributed by atoms with van der Waals surface area (Å²) in [6, 6.07) is 0. The number of rotatable bonds is 3. The summed E-state index contributed by atoms with van der Waals surface area (Å²) < 4.78 is 11.1. The third-order valence-corrected chi connectivity index (χ3v) is 4.45. The molecule has 2 N–H and O–H groups in total. The zero-order valence-electron chi connectivity index (χ0n) is 8.54. The molecule has 1 saturated heterocycles. The van der Waals surface area contributed by atoms with Crippen LogP contribution in [-0.4, -0.2) is 38.7 Å². The Morgan fingerprint density at radius 3 is 2.73 bits per heavy atom. The smallest absolute Gasteiger partial charge is 0.328 e. The Morgan fingerprint density at radius 1 is 1.67 bits per heavy atom. The standard InChI is InChI=1S/C8H16NO4PS/c1-6(5-15)8(10)9-4-2-3-7(9)14(11,12)13/h6-7,15H,2-5H2,1H3,(H2,11,12,13). The number of hydrogen-bond acceptors (Lipinski definition) is 3. The second kappa shape index (κ2) is 4.87. The van der Waals surface area contributed by atoms with Gasteiger partial charge in [-0.1, -0.05) is 6.92 Å². The maximum atomic E-state index is 11.8. The monoisotopic (exact) mass is 253 g/mol. The van der Waals surface area contributed by atoms with Crippen molar-refractivity contribution in [1.82, 2.24) is 4.90 Å². The first-order valence-corrected chi connectivity index (χ1v) is 7.16. The number of thiol groups is 1. The average Bonchev–Trinajstić information content (AvgIpc) is 2.63. The molecule has 0 radical (unpaired) electrons. The lowest BCUT2D eigenvalue weighted by molar-refractivity contribution is -0.134. The van der Waals surface area contributed by atoms with E-state index in [0.717, 1.165) is 0 Å². The van der Waals surface area contributed by atoms with E-state index in [9.17, 15) is 9.36 Å². The number of nitrogens with zero attached hydrogens (tertiary/aromatic N) is 1. The van der Waals surface area contributed by atoms with Crippen LogP contribution in [0.2, 0.25) is 0 Å². The average molecular weight is 253 g/mol. The Bertz CT molecular complexity index is 292. The first-order valence-electron chi connectivity index (χ1n) is 4.84. The van der Waals surface area contributed by atoms with Crippen molar-refractivity contribution >= 4 is 26.1 Å². The molecule has 2 unspecified atom stereocenters. The van der Waals surface area contributed by atoms with Crippen molar-refractivity contribution in [2.24, 2.45) is 5.92 Å². The fourth-order valence-electron chi connectivity index (χ4n) is 1.72. The van der Waals surface area contributed by atoms with Crippen LogP contribution >= 0.6 is 20.2 Å². The molecule has 1 aliphatic rings. The van der Waals surface area contributed by atoms with E-state index in [2.05, 4.69) is 12.6 Å². The highest BCUT2D eigenvalue weighted by molar-refractivity contribution is 7.80. The highest BCUT2D eigenvalue weighted by Crippen LogP contribution is 2.48. The molecule has 0 saturated carbocycles. The quantitative estimate of drug-likeness (QED) is 0.510. The predicted molar refractivity (Wildman–Crippen MR) is 59.8 cm³/mol. The van der Waals surface area contributed by atoms with E-state index >= 15 is 0 Å². The minimum absolute atomic E-state index is 0.212. The van der Waals surface area contributed by atoms with Crippen LogP contribution in [0.15, 0.2) is 0 Å². The molecule has 0 aliphatic carbocycles. The van der Waals surface area contributed by atoms with Crippen LogP contribution in [0.4, 0.5) is 0 Å². The minimum atomic E-state index is -4.19. The summed E-state index contributed by atoms with van der Waals surface area (Å²) >= 11 is 4.01. The Morgan fingerprint density at radius 2 is 2.27 bits per heavy atom. The molecular formula is C8H16NO4PS. The van der Waals surface area contributed by atoms with Crippen LogP contribution in [0, 0.1) is 5.92 Å². The van der Waals surface area contributed by atoms with Gasteiger partial charge in [-0.3, -0.25) is 9.36 Å². The molecule has 1 heterocycles. The van der Waals surface area contributed by atoms with Crippen molar-refractivity contribution < 1.29 is 19.1 Å². The van der Waals surface area contributed by atoms with E-state index in [-0.39, 0.29) is 11.8 Å². The highest BCUT2D eigenvalue weighted by atomic mass is 32.1. The Balaban J connectivity index is 2.77. The molecule has 2 atom stereocenters. The lowest BCUT2D eigenvalue weighted by Crippen LogP contribution is -2.39. The van der Waals surface area contributed by atoms with E-state index in [4.69, 9.17) is 9.79 Å². The van der Waals surface area contributed by atoms with Gasteiger partial charge in [-0.25, -0.2) is 0 Å². The van der Waals surface area contributed by atoms with Crippen molar-refractivity contribution in [3.8, 4) is 0 Å². The third-order valence-electron chi connectivity index (χ3n) is 2.59. The van der Waals surface area contributed by atoms with Crippen molar-refractivity contribution in [2.45, 2.75) is 25.5 Å². The fraction of sp³-hybridized carbons (Fsp3) is 0.875. The number of hydrogen-bond donors (Lipinski definition) is 3. The van der Waals surface area contributed by atoms with Crippen molar-refractivity contribution in [3.05, 3.63) is 0 Å². The fourth-order valence-corrected chi connectivity index (χ4v) is 2.98. The van der Waals surface area contributed by atoms with Gasteiger partial charge in [-0.2, -0.15) is 12.6 Å². The second-order valence-electron chi connectivity index (χ2n) is 3.83. The van der Waals surface area contributed by atoms with Crippen molar-refractivity contribution in [2.75, 3.05) is 12.3 Å². The van der Waals surface area contributed by atoms with Crippen LogP contribution in [0.25, 0.3) is 0 Å². The predicted octanol–water partition coefficient (Wildman–Crippen LogP) is 0.678. The number of likely N-dealkylation sites (tertiary alicyclic amines) is 1. The molecule has 5 nitrogen and oxygen atoms in total. The van der Waals surface area contributed by atoms with Crippen LogP contribution in [0.5, 0.6) is 0 Å². The summed E-state index contributed by atoms with van der Waals surface area (Å²) in [5, 5.41) is 0. The van der Waals surface area contributed by atoms with Gasteiger partial charge in [0.1, 0.15) is 5.78 Å². The lowest BCUT2D eigenvalue weighted by Gasteiger charge is -2.27. The van der Waals surface area contributed by atoms with Crippen molar-refractivity contribution in [1.29, 1.82) is 0 Å². The minimum Gasteiger partial charge on any atom is -0.328 e. The maximum Gasteiger partial charge on any atom is 0.347 e. The summed E-state index contributed by atoms with van der Waals surface area (Å²) in [6.45, 7) is 2.15. The lowest BCUT2D eigenvalue weighted by atomic mass is 10.2. The Hall–Kier alpha value is -0.0300. The van der Waals surface area contributed by atoms with Gasteiger partial charge >= 0.3 is 7.60 Å². The topological polar surface area (TPSA) is 77.8 Å². The summed E-state index contributed by atoms with van der Waals surface area (Å²) in [5.74, 6) is -1.04. The van der Waals surface area contributed by atoms with Gasteiger partial charge in [0.05, 0.1) is 0 Å². The normalized spacial score (nSPS) is 24.3. The molecule has 7 heteroatoms. The Labute approximate surface area is 94.4 Å². The van der Waals surface area contributed by atoms with E-state index in [1.54, 1.807) is 6.92 Å². The van der Waals surface area contributed by atoms with Crippen LogP contribution in [-0.2, 0) is 9.36 Å². The summed E-state index contributed by atoms with van der Waals surface area (Å²) in [6.07, 6.45) is 1.04. The first-order chi connectivity index (χ1) is 6.88. The molecule has 0 aromatic heterocycles. The molecule has 0 aromatic rings. The largest absolute Gasteiger partial charge is 0.347 e. The summed E-state index contributed by atoms with van der Waals surface area (Å²) in [7, 11) is -4.19. The molecule has 1 amide bonds. The van der Waals surface area contributed by atoms with Crippen LogP contribution in [0.3, 0.4) is 0 Å². The third kappa shape index (κ3) is 2.97. The summed E-state index contributed by atoms with van der Waals surface area (Å²) in [5.41, 5.74) is 0. The number of carbonyl (C=O) groups is 1. The number of carbonyl (C=O) groups excluding carboxylic acids is 1. The Kier molecular flexibility index (Phi) is 4.23.